The fourth-order valence-corrected chi connectivity index (χ4v) is 7.11. The second-order valence-corrected chi connectivity index (χ2v) is 11.1. The van der Waals surface area contributed by atoms with E-state index in [1.807, 2.05) is 6.07 Å². The Kier molecular flexibility index (Phi) is 9.77. The van der Waals surface area contributed by atoms with E-state index in [0.717, 1.165) is 61.7 Å². The average Bonchev–Trinajstić information content (AvgIpc) is 3.27. The third-order valence-corrected chi connectivity index (χ3v) is 9.04. The zero-order chi connectivity index (χ0) is 25.8. The number of anilines is 2. The summed E-state index contributed by atoms with van der Waals surface area (Å²) in [6, 6.07) is 7.21. The normalized spacial score (nSPS) is 29.9. The molecular formula is C27H49ClN8. The maximum absolute atomic E-state index is 7.10. The van der Waals surface area contributed by atoms with E-state index >= 15 is 0 Å². The molecule has 1 aromatic carbocycles. The SMILES string of the molecule is CCC(C1CCCN1)N1C(N)N(c2ccc(N(CC)CC)c(Cl)c2)C(N)N(C2CCCCCC2)C1N. The molecule has 2 saturated heterocycles. The summed E-state index contributed by atoms with van der Waals surface area (Å²) in [5, 5.41) is 4.43. The first-order valence-electron chi connectivity index (χ1n) is 14.3. The van der Waals surface area contributed by atoms with Gasteiger partial charge in [-0.3, -0.25) is 11.5 Å². The van der Waals surface area contributed by atoms with Crippen LogP contribution in [-0.4, -0.2) is 66.4 Å². The highest BCUT2D eigenvalue weighted by atomic mass is 35.5. The van der Waals surface area contributed by atoms with Gasteiger partial charge in [0.1, 0.15) is 18.9 Å². The topological polar surface area (TPSA) is 103 Å². The summed E-state index contributed by atoms with van der Waals surface area (Å²) in [5.74, 6) is 0. The molecule has 7 N–H and O–H groups in total. The number of hydrogen-bond donors (Lipinski definition) is 4. The summed E-state index contributed by atoms with van der Waals surface area (Å²) < 4.78 is 0. The van der Waals surface area contributed by atoms with Gasteiger partial charge in [-0.05, 0) is 70.7 Å². The second kappa shape index (κ2) is 12.6. The Labute approximate surface area is 223 Å². The van der Waals surface area contributed by atoms with Gasteiger partial charge in [0.05, 0.1) is 10.7 Å². The summed E-state index contributed by atoms with van der Waals surface area (Å²) in [6.45, 7) is 9.41. The Morgan fingerprint density at radius 1 is 0.944 bits per heavy atom. The van der Waals surface area contributed by atoms with Crippen molar-refractivity contribution in [1.29, 1.82) is 0 Å². The van der Waals surface area contributed by atoms with Crippen LogP contribution < -0.4 is 32.3 Å². The number of nitrogens with zero attached hydrogens (tertiary/aromatic N) is 4. The van der Waals surface area contributed by atoms with Gasteiger partial charge >= 0.3 is 0 Å². The van der Waals surface area contributed by atoms with E-state index in [1.165, 1.54) is 32.1 Å². The van der Waals surface area contributed by atoms with Gasteiger partial charge in [-0.15, -0.1) is 0 Å². The molecule has 4 rings (SSSR count). The first kappa shape index (κ1) is 27.9. The molecule has 1 saturated carbocycles. The molecule has 3 fully saturated rings. The Balaban J connectivity index is 1.73. The van der Waals surface area contributed by atoms with E-state index in [9.17, 15) is 0 Å². The third-order valence-electron chi connectivity index (χ3n) is 8.74. The number of benzene rings is 1. The molecule has 5 unspecified atom stereocenters. The van der Waals surface area contributed by atoms with Crippen molar-refractivity contribution >= 4 is 23.0 Å². The monoisotopic (exact) mass is 520 g/mol. The van der Waals surface area contributed by atoms with Crippen molar-refractivity contribution in [3.05, 3.63) is 23.2 Å². The van der Waals surface area contributed by atoms with Gasteiger partial charge in [-0.25, -0.2) is 9.80 Å². The predicted molar refractivity (Wildman–Crippen MR) is 152 cm³/mol. The maximum Gasteiger partial charge on any atom is 0.139 e. The van der Waals surface area contributed by atoms with Crippen LogP contribution in [0.1, 0.15) is 78.6 Å². The molecule has 3 aliphatic rings. The lowest BCUT2D eigenvalue weighted by Gasteiger charge is -2.59. The minimum absolute atomic E-state index is 0.228. The first-order valence-corrected chi connectivity index (χ1v) is 14.7. The zero-order valence-corrected chi connectivity index (χ0v) is 23.3. The average molecular weight is 521 g/mol. The number of hydrogen-bond acceptors (Lipinski definition) is 8. The molecular weight excluding hydrogens is 472 g/mol. The molecule has 8 nitrogen and oxygen atoms in total. The molecule has 2 aliphatic heterocycles. The lowest BCUT2D eigenvalue weighted by atomic mass is 10.00. The summed E-state index contributed by atoms with van der Waals surface area (Å²) in [6.07, 6.45) is 9.38. The number of nitrogens with two attached hydrogens (primary N) is 3. The maximum atomic E-state index is 7.10. The number of nitrogens with one attached hydrogen (secondary N) is 1. The molecule has 0 aromatic heterocycles. The smallest absolute Gasteiger partial charge is 0.139 e. The van der Waals surface area contributed by atoms with Crippen molar-refractivity contribution in [3.8, 4) is 0 Å². The number of rotatable bonds is 8. The summed E-state index contributed by atoms with van der Waals surface area (Å²) in [7, 11) is 0. The molecule has 0 amide bonds. The van der Waals surface area contributed by atoms with E-state index in [0.29, 0.717) is 12.1 Å². The molecule has 204 valence electrons. The number of halogens is 1. The van der Waals surface area contributed by atoms with Crippen LogP contribution in [-0.2, 0) is 0 Å². The highest BCUT2D eigenvalue weighted by Gasteiger charge is 2.48. The van der Waals surface area contributed by atoms with Crippen molar-refractivity contribution in [2.45, 2.75) is 116 Å². The van der Waals surface area contributed by atoms with Crippen LogP contribution in [0.2, 0.25) is 5.02 Å². The second-order valence-electron chi connectivity index (χ2n) is 10.7. The third kappa shape index (κ3) is 5.51. The molecule has 0 bridgehead atoms. The molecule has 1 aromatic rings. The van der Waals surface area contributed by atoms with E-state index in [1.54, 1.807) is 0 Å². The van der Waals surface area contributed by atoms with Crippen LogP contribution in [0.15, 0.2) is 18.2 Å². The standard InChI is InChI=1S/C27H49ClN8/c1-4-23(22-14-11-17-32-22)36-26(30)34(19-12-9-7-8-10-13-19)25(29)35(27(36)31)20-15-16-24(21(28)18-20)33(5-2)6-3/h15-16,18-19,22-23,25-27,32H,4-14,17,29-31H2,1-3H3. The van der Waals surface area contributed by atoms with Crippen LogP contribution in [0.25, 0.3) is 0 Å². The van der Waals surface area contributed by atoms with Crippen LogP contribution >= 0.6 is 11.6 Å². The van der Waals surface area contributed by atoms with E-state index in [-0.39, 0.29) is 12.3 Å². The predicted octanol–water partition coefficient (Wildman–Crippen LogP) is 3.59. The first-order chi connectivity index (χ1) is 17.4. The summed E-state index contributed by atoms with van der Waals surface area (Å²) in [4.78, 5) is 9.08. The molecule has 0 spiro atoms. The van der Waals surface area contributed by atoms with E-state index in [4.69, 9.17) is 28.8 Å². The summed E-state index contributed by atoms with van der Waals surface area (Å²) >= 11 is 6.85. The van der Waals surface area contributed by atoms with Crippen molar-refractivity contribution < 1.29 is 0 Å². The molecule has 9 heteroatoms. The molecule has 36 heavy (non-hydrogen) atoms. The quantitative estimate of drug-likeness (QED) is 0.386. The highest BCUT2D eigenvalue weighted by molar-refractivity contribution is 6.33. The van der Waals surface area contributed by atoms with Crippen molar-refractivity contribution in [2.75, 3.05) is 29.4 Å². The molecule has 0 radical (unpaired) electrons. The minimum atomic E-state index is -0.445. The highest BCUT2D eigenvalue weighted by Crippen LogP contribution is 2.37. The van der Waals surface area contributed by atoms with Crippen LogP contribution in [0, 0.1) is 0 Å². The fraction of sp³-hybridized carbons (Fsp3) is 0.778. The Bertz CT molecular complexity index is 822. The van der Waals surface area contributed by atoms with Gasteiger partial charge in [-0.1, -0.05) is 44.2 Å². The fourth-order valence-electron chi connectivity index (χ4n) is 6.82. The Morgan fingerprint density at radius 2 is 1.64 bits per heavy atom. The molecule has 1 aliphatic carbocycles. The van der Waals surface area contributed by atoms with Crippen molar-refractivity contribution in [2.24, 2.45) is 17.2 Å². The van der Waals surface area contributed by atoms with Gasteiger partial charge in [0.2, 0.25) is 0 Å². The van der Waals surface area contributed by atoms with Crippen LogP contribution in [0.5, 0.6) is 0 Å². The zero-order valence-electron chi connectivity index (χ0n) is 22.6. The van der Waals surface area contributed by atoms with Crippen molar-refractivity contribution in [3.63, 3.8) is 0 Å². The van der Waals surface area contributed by atoms with Gasteiger partial charge in [0.15, 0.2) is 0 Å². The molecule has 5 atom stereocenters. The minimum Gasteiger partial charge on any atom is -0.371 e. The largest absolute Gasteiger partial charge is 0.371 e. The summed E-state index contributed by atoms with van der Waals surface area (Å²) in [5.41, 5.74) is 23.3. The Hall–Kier alpha value is -1.13. The van der Waals surface area contributed by atoms with Crippen LogP contribution in [0.3, 0.4) is 0 Å². The lowest BCUT2D eigenvalue weighted by molar-refractivity contribution is -0.110. The van der Waals surface area contributed by atoms with E-state index < -0.39 is 12.6 Å². The van der Waals surface area contributed by atoms with Gasteiger partial charge in [0, 0.05) is 36.9 Å². The van der Waals surface area contributed by atoms with Crippen molar-refractivity contribution in [1.82, 2.24) is 15.1 Å². The van der Waals surface area contributed by atoms with Gasteiger partial charge < -0.3 is 20.9 Å². The van der Waals surface area contributed by atoms with Crippen LogP contribution in [0.4, 0.5) is 11.4 Å². The van der Waals surface area contributed by atoms with Gasteiger partial charge in [0.25, 0.3) is 0 Å². The lowest BCUT2D eigenvalue weighted by Crippen LogP contribution is -2.81. The van der Waals surface area contributed by atoms with E-state index in [2.05, 4.69) is 57.8 Å². The molecule has 2 heterocycles. The Morgan fingerprint density at radius 3 is 2.19 bits per heavy atom. The van der Waals surface area contributed by atoms with Gasteiger partial charge in [-0.2, -0.15) is 0 Å².